The van der Waals surface area contributed by atoms with E-state index in [2.05, 4.69) is 98.8 Å². The van der Waals surface area contributed by atoms with Crippen molar-refractivity contribution in [1.82, 2.24) is 14.8 Å². The minimum atomic E-state index is -1.45. The van der Waals surface area contributed by atoms with Crippen molar-refractivity contribution in [2.75, 3.05) is 12.6 Å². The first kappa shape index (κ1) is 36.9. The standard InChI is InChI=1S/C42H49BrN4O7/c1-22(2)11-10-16-40(8)17-15-26-33(52-40)25(13-12-23(3)4)35-29(34(26)51-20-43)31-30-32(47-38(46-31)44-21-45-47)27-19-28-39(6,7)54-41(36(27)48,42(28,30)53-35)18-14-24(5)37(49)50-9/h11-12,14-15,17,21,27-28,30,32H,10,13,16,18-20H2,1-9H3. The molecule has 3 saturated carbocycles. The normalized spacial score (nSPS) is 31.6. The van der Waals surface area contributed by atoms with Crippen LogP contribution in [0.5, 0.6) is 17.2 Å². The molecule has 0 amide bonds. The first-order valence-electron chi connectivity index (χ1n) is 18.9. The lowest BCUT2D eigenvalue weighted by atomic mass is 9.44. The van der Waals surface area contributed by atoms with Crippen LogP contribution in [-0.4, -0.2) is 67.3 Å². The Hall–Kier alpha value is -4.03. The summed E-state index contributed by atoms with van der Waals surface area (Å²) in [6.07, 6.45) is 14.7. The number of hydrogen-bond donors (Lipinski definition) is 0. The summed E-state index contributed by atoms with van der Waals surface area (Å²) in [4.78, 5) is 37.9. The van der Waals surface area contributed by atoms with Crippen molar-refractivity contribution in [3.63, 3.8) is 0 Å². The van der Waals surface area contributed by atoms with Gasteiger partial charge in [0.2, 0.25) is 5.95 Å². The number of methoxy groups -OCH3 is 1. The molecule has 7 atom stereocenters. The van der Waals surface area contributed by atoms with E-state index in [0.717, 1.165) is 40.8 Å². The van der Waals surface area contributed by atoms with Gasteiger partial charge in [0.15, 0.2) is 17.0 Å². The van der Waals surface area contributed by atoms with Crippen molar-refractivity contribution >= 4 is 45.4 Å². The molecule has 11 nitrogen and oxygen atoms in total. The summed E-state index contributed by atoms with van der Waals surface area (Å²) in [5.41, 5.74) is 2.12. The summed E-state index contributed by atoms with van der Waals surface area (Å²) in [6.45, 7) is 16.3. The Morgan fingerprint density at radius 1 is 1.07 bits per heavy atom. The molecule has 54 heavy (non-hydrogen) atoms. The molecule has 9 rings (SSSR count). The van der Waals surface area contributed by atoms with Crippen LogP contribution in [0.4, 0.5) is 5.95 Å². The van der Waals surface area contributed by atoms with Gasteiger partial charge in [0.1, 0.15) is 34.7 Å². The zero-order chi connectivity index (χ0) is 38.5. The van der Waals surface area contributed by atoms with E-state index in [1.807, 2.05) is 4.68 Å². The van der Waals surface area contributed by atoms with Crippen molar-refractivity contribution in [3.05, 3.63) is 64.0 Å². The minimum absolute atomic E-state index is 0.0580. The second kappa shape index (κ2) is 12.8. The molecule has 5 heterocycles. The molecule has 1 saturated heterocycles. The van der Waals surface area contributed by atoms with Crippen LogP contribution >= 0.6 is 15.9 Å². The van der Waals surface area contributed by atoms with Crippen molar-refractivity contribution in [2.24, 2.45) is 22.7 Å². The number of fused-ring (bicyclic) bond motifs is 4. The fourth-order valence-corrected chi connectivity index (χ4v) is 10.4. The third-order valence-corrected chi connectivity index (χ3v) is 12.7. The van der Waals surface area contributed by atoms with Gasteiger partial charge >= 0.3 is 5.97 Å². The van der Waals surface area contributed by atoms with Gasteiger partial charge in [0.05, 0.1) is 41.5 Å². The quantitative estimate of drug-likeness (QED) is 0.101. The Bertz CT molecular complexity index is 2120. The second-order valence-electron chi connectivity index (χ2n) is 16.8. The van der Waals surface area contributed by atoms with Crippen LogP contribution in [0, 0.1) is 17.8 Å². The van der Waals surface area contributed by atoms with Gasteiger partial charge in [-0.25, -0.2) is 14.5 Å². The summed E-state index contributed by atoms with van der Waals surface area (Å²) >= 11 is 3.56. The molecule has 0 N–H and O–H groups in total. The molecule has 0 radical (unpaired) electrons. The third kappa shape index (κ3) is 5.11. The van der Waals surface area contributed by atoms with E-state index < -0.39 is 46.3 Å². The highest BCUT2D eigenvalue weighted by atomic mass is 79.9. The fraction of sp³-hybridized carbons (Fsp3) is 0.548. The fourth-order valence-electron chi connectivity index (χ4n) is 10.2. The summed E-state index contributed by atoms with van der Waals surface area (Å²) in [5.74, 6) is 0.642. The van der Waals surface area contributed by atoms with E-state index in [0.29, 0.717) is 41.6 Å². The van der Waals surface area contributed by atoms with Crippen LogP contribution in [0.25, 0.3) is 6.08 Å². The summed E-state index contributed by atoms with van der Waals surface area (Å²) in [7, 11) is 1.35. The van der Waals surface area contributed by atoms with Gasteiger partial charge in [-0.3, -0.25) is 4.79 Å². The third-order valence-electron chi connectivity index (χ3n) is 12.5. The topological polar surface area (TPSA) is 123 Å². The van der Waals surface area contributed by atoms with Gasteiger partial charge in [0.25, 0.3) is 0 Å². The van der Waals surface area contributed by atoms with Crippen LogP contribution in [-0.2, 0) is 25.5 Å². The molecule has 7 unspecified atom stereocenters. The van der Waals surface area contributed by atoms with Crippen molar-refractivity contribution in [1.29, 1.82) is 0 Å². The number of ether oxygens (including phenoxy) is 5. The van der Waals surface area contributed by atoms with Crippen LogP contribution in [0.3, 0.4) is 0 Å². The maximum atomic E-state index is 15.3. The van der Waals surface area contributed by atoms with Gasteiger partial charge in [-0.2, -0.15) is 10.1 Å². The van der Waals surface area contributed by atoms with Crippen LogP contribution in [0.15, 0.2) is 52.3 Å². The number of aliphatic imine (C=N–C) groups is 1. The zero-order valence-corrected chi connectivity index (χ0v) is 34.1. The molecule has 286 valence electrons. The second-order valence-corrected chi connectivity index (χ2v) is 17.3. The number of halogens is 1. The van der Waals surface area contributed by atoms with Gasteiger partial charge in [0, 0.05) is 29.4 Å². The number of Topliss-reactive ketones (excluding diaryl/α,β-unsaturated/α-hetero) is 1. The zero-order valence-electron chi connectivity index (χ0n) is 32.5. The number of rotatable bonds is 10. The van der Waals surface area contributed by atoms with Crippen molar-refractivity contribution in [2.45, 2.75) is 116 Å². The molecule has 12 heteroatoms. The number of carbonyl (C=O) groups is 2. The Labute approximate surface area is 325 Å². The predicted octanol–water partition coefficient (Wildman–Crippen LogP) is 8.13. The lowest BCUT2D eigenvalue weighted by Gasteiger charge is -2.64. The number of esters is 1. The van der Waals surface area contributed by atoms with Crippen LogP contribution < -0.4 is 14.2 Å². The molecular formula is C42H49BrN4O7. The Morgan fingerprint density at radius 3 is 2.54 bits per heavy atom. The Balaban J connectivity index is 1.44. The molecule has 1 spiro atoms. The molecule has 4 fully saturated rings. The predicted molar refractivity (Wildman–Crippen MR) is 208 cm³/mol. The number of hydrogen-bond acceptors (Lipinski definition) is 10. The van der Waals surface area contributed by atoms with E-state index in [1.54, 1.807) is 13.0 Å². The number of nitrogens with zero attached hydrogens (tertiary/aromatic N) is 4. The SMILES string of the molecule is COC(=O)C(C)=CCC12OC(C)(C)C3CC(C1=O)C1C4C(=Nc5ncnn51)c1c(OCBr)c5c(c(CC=C(C)C)c1OC432)OC(C)(CCC=C(C)C)C=C5. The van der Waals surface area contributed by atoms with Gasteiger partial charge < -0.3 is 23.7 Å². The smallest absolute Gasteiger partial charge is 0.333 e. The lowest BCUT2D eigenvalue weighted by Crippen LogP contribution is -2.79. The summed E-state index contributed by atoms with van der Waals surface area (Å²) in [5, 5.41) is 4.65. The summed E-state index contributed by atoms with van der Waals surface area (Å²) < 4.78 is 35.4. The average Bonchev–Trinajstić information content (AvgIpc) is 3.64. The Kier molecular flexibility index (Phi) is 8.73. The van der Waals surface area contributed by atoms with Crippen LogP contribution in [0.1, 0.15) is 104 Å². The van der Waals surface area contributed by atoms with E-state index >= 15 is 4.79 Å². The van der Waals surface area contributed by atoms with Crippen LogP contribution in [0.2, 0.25) is 0 Å². The number of ketones is 1. The first-order chi connectivity index (χ1) is 25.6. The van der Waals surface area contributed by atoms with E-state index in [9.17, 15) is 4.79 Å². The summed E-state index contributed by atoms with van der Waals surface area (Å²) in [6, 6.07) is -0.414. The highest BCUT2D eigenvalue weighted by Crippen LogP contribution is 2.73. The van der Waals surface area contributed by atoms with E-state index in [4.69, 9.17) is 28.7 Å². The molecular weight excluding hydrogens is 752 g/mol. The Morgan fingerprint density at radius 2 is 1.83 bits per heavy atom. The largest absolute Gasteiger partial charge is 0.482 e. The number of allylic oxidation sites excluding steroid dienone is 4. The number of carbonyl (C=O) groups excluding carboxylic acids is 2. The molecule has 1 aromatic heterocycles. The average molecular weight is 802 g/mol. The lowest BCUT2D eigenvalue weighted by molar-refractivity contribution is -0.207. The van der Waals surface area contributed by atoms with Gasteiger partial charge in [-0.05, 0) is 109 Å². The molecule has 4 bridgehead atoms. The van der Waals surface area contributed by atoms with E-state index in [1.165, 1.54) is 19.0 Å². The van der Waals surface area contributed by atoms with Gasteiger partial charge in [-0.15, -0.1) is 0 Å². The molecule has 7 aliphatic rings. The molecule has 3 aliphatic carbocycles. The highest BCUT2D eigenvalue weighted by Gasteiger charge is 2.86. The van der Waals surface area contributed by atoms with Crippen molar-refractivity contribution < 1.29 is 33.3 Å². The maximum absolute atomic E-state index is 15.3. The highest BCUT2D eigenvalue weighted by molar-refractivity contribution is 9.09. The van der Waals surface area contributed by atoms with Crippen molar-refractivity contribution in [3.8, 4) is 17.2 Å². The number of benzene rings is 1. The molecule has 2 aromatic rings. The molecule has 1 aromatic carbocycles. The maximum Gasteiger partial charge on any atom is 0.333 e. The van der Waals surface area contributed by atoms with E-state index in [-0.39, 0.29) is 23.6 Å². The minimum Gasteiger partial charge on any atom is -0.482 e. The molecule has 4 aliphatic heterocycles. The monoisotopic (exact) mass is 800 g/mol. The van der Waals surface area contributed by atoms with Gasteiger partial charge in [-0.1, -0.05) is 29.4 Å². The number of aromatic nitrogens is 3. The number of alkyl halides is 1. The first-order valence-corrected chi connectivity index (χ1v) is 20.0.